The topological polar surface area (TPSA) is 12.0 Å². The van der Waals surface area contributed by atoms with Crippen molar-refractivity contribution in [3.05, 3.63) is 136 Å². The molecule has 0 amide bonds. The minimum atomic E-state index is -0.488. The van der Waals surface area contributed by atoms with Gasteiger partial charge in [-0.25, -0.2) is 0 Å². The smallest absolute Gasteiger partial charge is 0.114 e. The predicted octanol–water partition coefficient (Wildman–Crippen LogP) is 6.85. The summed E-state index contributed by atoms with van der Waals surface area (Å²) in [7, 11) is 0. The summed E-state index contributed by atoms with van der Waals surface area (Å²) in [6.07, 6.45) is 0. The van der Waals surface area contributed by atoms with Crippen LogP contribution in [0.25, 0.3) is 0 Å². The summed E-state index contributed by atoms with van der Waals surface area (Å²) in [4.78, 5) is 0. The number of hydrogen-bond acceptors (Lipinski definition) is 1. The van der Waals surface area contributed by atoms with E-state index < -0.39 is 5.54 Å². The average Bonchev–Trinajstić information content (AvgIpc) is 2.75. The summed E-state index contributed by atoms with van der Waals surface area (Å²) in [6.45, 7) is 0. The molecule has 132 valence electrons. The molecule has 0 unspecified atom stereocenters. The minimum absolute atomic E-state index is 0.488. The zero-order valence-electron chi connectivity index (χ0n) is 14.8. The van der Waals surface area contributed by atoms with Crippen LogP contribution in [0.4, 0.5) is 5.69 Å². The standard InChI is InChI=1S/C25H20BrN/c26-23-16-18-24(19-17-23)27-25(20-10-4-1-5-11-20,21-12-6-2-7-13-21)22-14-8-3-9-15-22/h1-19,27H. The average molecular weight is 414 g/mol. The van der Waals surface area contributed by atoms with Crippen molar-refractivity contribution < 1.29 is 0 Å². The number of rotatable bonds is 5. The molecule has 0 spiro atoms. The summed E-state index contributed by atoms with van der Waals surface area (Å²) < 4.78 is 1.07. The van der Waals surface area contributed by atoms with Crippen LogP contribution in [0.1, 0.15) is 16.7 Å². The van der Waals surface area contributed by atoms with Gasteiger partial charge in [0.25, 0.3) is 0 Å². The SMILES string of the molecule is Brc1ccc(NC(c2ccccc2)(c2ccccc2)c2ccccc2)cc1. The van der Waals surface area contributed by atoms with E-state index in [0.29, 0.717) is 0 Å². The fourth-order valence-electron chi connectivity index (χ4n) is 3.53. The van der Waals surface area contributed by atoms with E-state index >= 15 is 0 Å². The molecule has 0 aliphatic rings. The van der Waals surface area contributed by atoms with E-state index in [9.17, 15) is 0 Å². The third-order valence-electron chi connectivity index (χ3n) is 4.80. The van der Waals surface area contributed by atoms with Gasteiger partial charge in [0.2, 0.25) is 0 Å². The van der Waals surface area contributed by atoms with Gasteiger partial charge in [-0.05, 0) is 41.0 Å². The molecule has 0 fully saturated rings. The van der Waals surface area contributed by atoms with Gasteiger partial charge < -0.3 is 5.32 Å². The van der Waals surface area contributed by atoms with E-state index in [4.69, 9.17) is 0 Å². The van der Waals surface area contributed by atoms with E-state index in [-0.39, 0.29) is 0 Å². The fraction of sp³-hybridized carbons (Fsp3) is 0.0400. The largest absolute Gasteiger partial charge is 0.368 e. The maximum atomic E-state index is 3.85. The molecular formula is C25H20BrN. The molecule has 0 aliphatic heterocycles. The van der Waals surface area contributed by atoms with Gasteiger partial charge in [-0.2, -0.15) is 0 Å². The first-order valence-electron chi connectivity index (χ1n) is 8.99. The highest BCUT2D eigenvalue weighted by atomic mass is 79.9. The highest BCUT2D eigenvalue weighted by molar-refractivity contribution is 9.10. The van der Waals surface area contributed by atoms with E-state index in [1.807, 2.05) is 0 Å². The Bertz CT molecular complexity index is 884. The lowest BCUT2D eigenvalue weighted by Gasteiger charge is -2.38. The Morgan fingerprint density at radius 1 is 0.481 bits per heavy atom. The summed E-state index contributed by atoms with van der Waals surface area (Å²) in [5.74, 6) is 0. The molecule has 4 aromatic rings. The van der Waals surface area contributed by atoms with Gasteiger partial charge in [0.05, 0.1) is 0 Å². The Balaban J connectivity index is 1.98. The number of benzene rings is 4. The summed E-state index contributed by atoms with van der Waals surface area (Å²) in [5.41, 5.74) is 4.17. The van der Waals surface area contributed by atoms with Crippen LogP contribution in [-0.2, 0) is 5.54 Å². The number of hydrogen-bond donors (Lipinski definition) is 1. The Kier molecular flexibility index (Phi) is 5.08. The third-order valence-corrected chi connectivity index (χ3v) is 5.33. The van der Waals surface area contributed by atoms with Crippen LogP contribution in [0.3, 0.4) is 0 Å². The molecule has 1 nitrogen and oxygen atoms in total. The van der Waals surface area contributed by atoms with Crippen molar-refractivity contribution in [2.75, 3.05) is 5.32 Å². The molecule has 4 aromatic carbocycles. The monoisotopic (exact) mass is 413 g/mol. The first-order chi connectivity index (χ1) is 13.3. The normalized spacial score (nSPS) is 11.1. The summed E-state index contributed by atoms with van der Waals surface area (Å²) >= 11 is 3.53. The van der Waals surface area contributed by atoms with E-state index in [2.05, 4.69) is 137 Å². The van der Waals surface area contributed by atoms with Crippen molar-refractivity contribution in [2.45, 2.75) is 5.54 Å². The maximum absolute atomic E-state index is 3.85. The van der Waals surface area contributed by atoms with Crippen molar-refractivity contribution in [1.82, 2.24) is 0 Å². The van der Waals surface area contributed by atoms with Gasteiger partial charge >= 0.3 is 0 Å². The molecule has 2 heteroatoms. The Labute approximate surface area is 168 Å². The van der Waals surface area contributed by atoms with Gasteiger partial charge in [-0.1, -0.05) is 107 Å². The first-order valence-corrected chi connectivity index (χ1v) is 9.79. The van der Waals surface area contributed by atoms with Crippen molar-refractivity contribution in [3.8, 4) is 0 Å². The van der Waals surface area contributed by atoms with Crippen LogP contribution in [0.2, 0.25) is 0 Å². The second-order valence-electron chi connectivity index (χ2n) is 6.48. The van der Waals surface area contributed by atoms with E-state index in [1.54, 1.807) is 0 Å². The Morgan fingerprint density at radius 2 is 0.852 bits per heavy atom. The molecule has 27 heavy (non-hydrogen) atoms. The molecule has 1 N–H and O–H groups in total. The lowest BCUT2D eigenvalue weighted by atomic mass is 9.77. The van der Waals surface area contributed by atoms with E-state index in [1.165, 1.54) is 16.7 Å². The van der Waals surface area contributed by atoms with E-state index in [0.717, 1.165) is 10.2 Å². The molecule has 0 heterocycles. The van der Waals surface area contributed by atoms with Gasteiger partial charge in [-0.3, -0.25) is 0 Å². The highest BCUT2D eigenvalue weighted by Gasteiger charge is 2.36. The van der Waals surface area contributed by atoms with Gasteiger partial charge in [0.15, 0.2) is 0 Å². The van der Waals surface area contributed by atoms with Crippen molar-refractivity contribution in [2.24, 2.45) is 0 Å². The molecule has 0 aliphatic carbocycles. The van der Waals surface area contributed by atoms with Gasteiger partial charge in [0.1, 0.15) is 5.54 Å². The Hall–Kier alpha value is -2.84. The van der Waals surface area contributed by atoms with Crippen LogP contribution >= 0.6 is 15.9 Å². The Morgan fingerprint density at radius 3 is 1.22 bits per heavy atom. The number of nitrogens with one attached hydrogen (secondary N) is 1. The minimum Gasteiger partial charge on any atom is -0.368 e. The summed E-state index contributed by atoms with van der Waals surface area (Å²) in [5, 5.41) is 3.85. The molecule has 0 aromatic heterocycles. The second-order valence-corrected chi connectivity index (χ2v) is 7.40. The lowest BCUT2D eigenvalue weighted by Crippen LogP contribution is -2.38. The molecule has 0 bridgehead atoms. The van der Waals surface area contributed by atoms with Crippen molar-refractivity contribution in [1.29, 1.82) is 0 Å². The van der Waals surface area contributed by atoms with Gasteiger partial charge in [0, 0.05) is 10.2 Å². The molecule has 4 rings (SSSR count). The molecule has 0 atom stereocenters. The lowest BCUT2D eigenvalue weighted by molar-refractivity contribution is 0.712. The zero-order valence-corrected chi connectivity index (χ0v) is 16.4. The van der Waals surface area contributed by atoms with Crippen LogP contribution in [0.5, 0.6) is 0 Å². The highest BCUT2D eigenvalue weighted by Crippen LogP contribution is 2.40. The summed E-state index contributed by atoms with van der Waals surface area (Å²) in [6, 6.07) is 40.2. The van der Waals surface area contributed by atoms with Crippen LogP contribution in [0, 0.1) is 0 Å². The third kappa shape index (κ3) is 3.54. The van der Waals surface area contributed by atoms with Crippen LogP contribution < -0.4 is 5.32 Å². The molecule has 0 saturated heterocycles. The zero-order chi connectivity index (χ0) is 18.5. The predicted molar refractivity (Wildman–Crippen MR) is 117 cm³/mol. The quantitative estimate of drug-likeness (QED) is 0.352. The van der Waals surface area contributed by atoms with Crippen molar-refractivity contribution in [3.63, 3.8) is 0 Å². The van der Waals surface area contributed by atoms with Crippen molar-refractivity contribution >= 4 is 21.6 Å². The molecular weight excluding hydrogens is 394 g/mol. The maximum Gasteiger partial charge on any atom is 0.114 e. The number of halogens is 1. The second kappa shape index (κ2) is 7.81. The van der Waals surface area contributed by atoms with Crippen LogP contribution in [0.15, 0.2) is 120 Å². The fourth-order valence-corrected chi connectivity index (χ4v) is 3.80. The molecule has 0 saturated carbocycles. The number of anilines is 1. The van der Waals surface area contributed by atoms with Crippen LogP contribution in [-0.4, -0.2) is 0 Å². The first kappa shape index (κ1) is 17.6. The van der Waals surface area contributed by atoms with Gasteiger partial charge in [-0.15, -0.1) is 0 Å². The molecule has 0 radical (unpaired) electrons.